The summed E-state index contributed by atoms with van der Waals surface area (Å²) in [6, 6.07) is 0.883. The molecular formula is C7H4ClN2O4-. The zero-order valence-electron chi connectivity index (χ0n) is 6.67. The second kappa shape index (κ2) is 3.51. The molecule has 1 rings (SSSR count). The number of hydrogen-bond acceptors (Lipinski definition) is 4. The van der Waals surface area contributed by atoms with Gasteiger partial charge in [0.25, 0.3) is 11.5 Å². The summed E-state index contributed by atoms with van der Waals surface area (Å²) in [6.45, 7) is 0. The highest BCUT2D eigenvalue weighted by atomic mass is 35.5. The van der Waals surface area contributed by atoms with Gasteiger partial charge in [-0.2, -0.15) is 0 Å². The van der Waals surface area contributed by atoms with Gasteiger partial charge in [-0.05, 0) is 6.07 Å². The molecule has 1 amide bonds. The first-order valence-corrected chi connectivity index (χ1v) is 3.75. The largest absolute Gasteiger partial charge is 0.543 e. The molecule has 7 heteroatoms. The van der Waals surface area contributed by atoms with Crippen molar-refractivity contribution >= 4 is 23.5 Å². The lowest BCUT2D eigenvalue weighted by Crippen LogP contribution is -2.30. The summed E-state index contributed by atoms with van der Waals surface area (Å²) >= 11 is 5.44. The van der Waals surface area contributed by atoms with Gasteiger partial charge in [-0.25, -0.2) is 0 Å². The molecule has 0 aliphatic carbocycles. The third-order valence-electron chi connectivity index (χ3n) is 1.46. The summed E-state index contributed by atoms with van der Waals surface area (Å²) < 4.78 is 0. The van der Waals surface area contributed by atoms with Crippen molar-refractivity contribution in [3.05, 3.63) is 32.7 Å². The van der Waals surface area contributed by atoms with Crippen LogP contribution < -0.4 is 16.4 Å². The summed E-state index contributed by atoms with van der Waals surface area (Å²) in [6.07, 6.45) is 0. The fraction of sp³-hybridized carbons (Fsp3) is 0. The molecule has 1 heterocycles. The second-order valence-corrected chi connectivity index (χ2v) is 2.79. The predicted octanol–water partition coefficient (Wildman–Crippen LogP) is -1.51. The van der Waals surface area contributed by atoms with Crippen molar-refractivity contribution in [3.63, 3.8) is 0 Å². The van der Waals surface area contributed by atoms with Crippen LogP contribution in [0.2, 0.25) is 5.02 Å². The Balaban J connectivity index is 3.46. The van der Waals surface area contributed by atoms with Gasteiger partial charge >= 0.3 is 0 Å². The lowest BCUT2D eigenvalue weighted by Gasteiger charge is -2.05. The highest BCUT2D eigenvalue weighted by molar-refractivity contribution is 6.33. The first-order chi connectivity index (χ1) is 6.43. The Hall–Kier alpha value is -1.82. The van der Waals surface area contributed by atoms with Gasteiger partial charge in [-0.15, -0.1) is 0 Å². The molecule has 0 aromatic carbocycles. The van der Waals surface area contributed by atoms with E-state index in [1.807, 2.05) is 4.98 Å². The number of hydrogen-bond donors (Lipinski definition) is 2. The Labute approximate surface area is 82.3 Å². The van der Waals surface area contributed by atoms with E-state index in [4.69, 9.17) is 17.3 Å². The average Bonchev–Trinajstić information content (AvgIpc) is 2.07. The summed E-state index contributed by atoms with van der Waals surface area (Å²) in [7, 11) is 0. The molecule has 0 aliphatic rings. The lowest BCUT2D eigenvalue weighted by atomic mass is 10.2. The smallest absolute Gasteiger partial charge is 0.261 e. The van der Waals surface area contributed by atoms with E-state index in [0.29, 0.717) is 0 Å². The van der Waals surface area contributed by atoms with Gasteiger partial charge in [0.1, 0.15) is 5.56 Å². The normalized spacial score (nSPS) is 9.79. The SMILES string of the molecule is NC(=O)c1cc(Cl)c(C(=O)[O-])[nH]c1=O. The van der Waals surface area contributed by atoms with Gasteiger partial charge in [-0.3, -0.25) is 9.59 Å². The molecular weight excluding hydrogens is 212 g/mol. The van der Waals surface area contributed by atoms with Crippen LogP contribution in [0, 0.1) is 0 Å². The number of carbonyl (C=O) groups is 2. The molecule has 0 saturated carbocycles. The molecule has 0 atom stereocenters. The van der Waals surface area contributed by atoms with Crippen molar-refractivity contribution in [2.24, 2.45) is 5.73 Å². The van der Waals surface area contributed by atoms with Gasteiger partial charge in [0, 0.05) is 0 Å². The maximum atomic E-state index is 11.0. The molecule has 0 aliphatic heterocycles. The van der Waals surface area contributed by atoms with Crippen LogP contribution in [0.15, 0.2) is 10.9 Å². The lowest BCUT2D eigenvalue weighted by molar-refractivity contribution is -0.255. The number of H-pyrrole nitrogens is 1. The maximum absolute atomic E-state index is 11.0. The number of carbonyl (C=O) groups excluding carboxylic acids is 2. The summed E-state index contributed by atoms with van der Waals surface area (Å²) in [5.74, 6) is -2.62. The van der Waals surface area contributed by atoms with Crippen LogP contribution in [0.5, 0.6) is 0 Å². The Kier molecular flexibility index (Phi) is 2.57. The number of nitrogens with two attached hydrogens (primary N) is 1. The number of amides is 1. The maximum Gasteiger partial charge on any atom is 0.261 e. The van der Waals surface area contributed by atoms with Gasteiger partial charge in [0.2, 0.25) is 0 Å². The van der Waals surface area contributed by atoms with E-state index in [1.165, 1.54) is 0 Å². The van der Waals surface area contributed by atoms with Gasteiger partial charge in [-0.1, -0.05) is 11.6 Å². The van der Waals surface area contributed by atoms with E-state index in [2.05, 4.69) is 0 Å². The number of nitrogens with one attached hydrogen (secondary N) is 1. The molecule has 14 heavy (non-hydrogen) atoms. The minimum Gasteiger partial charge on any atom is -0.543 e. The molecule has 1 aromatic heterocycles. The molecule has 3 N–H and O–H groups in total. The quantitative estimate of drug-likeness (QED) is 0.624. The minimum absolute atomic E-state index is 0.307. The Morgan fingerprint density at radius 1 is 1.50 bits per heavy atom. The zero-order chi connectivity index (χ0) is 10.9. The van der Waals surface area contributed by atoms with E-state index >= 15 is 0 Å². The van der Waals surface area contributed by atoms with Crippen LogP contribution in [0.3, 0.4) is 0 Å². The molecule has 6 nitrogen and oxygen atoms in total. The molecule has 0 fully saturated rings. The van der Waals surface area contributed by atoms with Crippen LogP contribution in [0.1, 0.15) is 20.8 Å². The second-order valence-electron chi connectivity index (χ2n) is 2.39. The number of aromatic nitrogens is 1. The molecule has 0 radical (unpaired) electrons. The number of rotatable bonds is 2. The third kappa shape index (κ3) is 1.74. The number of carboxylic acids is 1. The van der Waals surface area contributed by atoms with Crippen molar-refractivity contribution in [3.8, 4) is 0 Å². The standard InChI is InChI=1S/C7H5ClN2O4/c8-3-1-2(5(9)11)6(12)10-4(3)7(13)14/h1H,(H2,9,11)(H,10,12)(H,13,14)/p-1. The van der Waals surface area contributed by atoms with Crippen molar-refractivity contribution in [2.75, 3.05) is 0 Å². The molecule has 74 valence electrons. The first-order valence-electron chi connectivity index (χ1n) is 3.37. The van der Waals surface area contributed by atoms with Crippen LogP contribution in [0.25, 0.3) is 0 Å². The average molecular weight is 216 g/mol. The van der Waals surface area contributed by atoms with Crippen LogP contribution in [0.4, 0.5) is 0 Å². The summed E-state index contributed by atoms with van der Waals surface area (Å²) in [5.41, 5.74) is 2.93. The number of aromatic amines is 1. The van der Waals surface area contributed by atoms with Gasteiger partial charge in [0.05, 0.1) is 16.7 Å². The Bertz CT molecular complexity index is 465. The van der Waals surface area contributed by atoms with E-state index < -0.39 is 28.7 Å². The van der Waals surface area contributed by atoms with Crippen molar-refractivity contribution in [1.29, 1.82) is 0 Å². The molecule has 1 aromatic rings. The van der Waals surface area contributed by atoms with E-state index in [-0.39, 0.29) is 5.02 Å². The van der Waals surface area contributed by atoms with Crippen molar-refractivity contribution in [1.82, 2.24) is 4.98 Å². The van der Waals surface area contributed by atoms with Crippen molar-refractivity contribution < 1.29 is 14.7 Å². The number of primary amides is 1. The highest BCUT2D eigenvalue weighted by Gasteiger charge is 2.11. The van der Waals surface area contributed by atoms with E-state index in [1.54, 1.807) is 0 Å². The molecule has 0 saturated heterocycles. The molecule has 0 spiro atoms. The van der Waals surface area contributed by atoms with Crippen LogP contribution in [-0.4, -0.2) is 16.9 Å². The summed E-state index contributed by atoms with van der Waals surface area (Å²) in [4.78, 5) is 33.9. The monoisotopic (exact) mass is 215 g/mol. The van der Waals surface area contributed by atoms with Crippen LogP contribution in [-0.2, 0) is 0 Å². The molecule has 0 bridgehead atoms. The zero-order valence-corrected chi connectivity index (χ0v) is 7.42. The number of halogens is 1. The first kappa shape index (κ1) is 10.3. The molecule has 0 unspecified atom stereocenters. The van der Waals surface area contributed by atoms with Gasteiger partial charge in [0.15, 0.2) is 0 Å². The highest BCUT2D eigenvalue weighted by Crippen LogP contribution is 2.11. The van der Waals surface area contributed by atoms with E-state index in [9.17, 15) is 19.5 Å². The number of aromatic carboxylic acids is 1. The third-order valence-corrected chi connectivity index (χ3v) is 1.76. The Morgan fingerprint density at radius 2 is 2.07 bits per heavy atom. The van der Waals surface area contributed by atoms with Crippen LogP contribution >= 0.6 is 11.6 Å². The Morgan fingerprint density at radius 3 is 2.50 bits per heavy atom. The van der Waals surface area contributed by atoms with Gasteiger partial charge < -0.3 is 20.6 Å². The van der Waals surface area contributed by atoms with E-state index in [0.717, 1.165) is 6.07 Å². The predicted molar refractivity (Wildman–Crippen MR) is 44.9 cm³/mol. The fourth-order valence-corrected chi connectivity index (χ4v) is 1.07. The number of carboxylic acid groups (broad SMARTS) is 1. The summed E-state index contributed by atoms with van der Waals surface area (Å²) in [5, 5.41) is 10.1. The van der Waals surface area contributed by atoms with Crippen molar-refractivity contribution in [2.45, 2.75) is 0 Å². The number of pyridine rings is 1. The minimum atomic E-state index is -1.64. The fourth-order valence-electron chi connectivity index (χ4n) is 0.837. The topological polar surface area (TPSA) is 116 Å².